The first-order chi connectivity index (χ1) is 9.92. The Kier molecular flexibility index (Phi) is 2.38. The minimum Gasteiger partial charge on any atom is -0.483 e. The van der Waals surface area contributed by atoms with Crippen LogP contribution in [0.2, 0.25) is 0 Å². The molecule has 0 aliphatic rings. The molecule has 4 rings (SSSR count). The van der Waals surface area contributed by atoms with Gasteiger partial charge in [0, 0.05) is 5.39 Å². The monoisotopic (exact) mass is 266 g/mol. The third-order valence-corrected chi connectivity index (χ3v) is 3.10. The molecule has 0 radical (unpaired) electrons. The molecule has 0 fully saturated rings. The van der Waals surface area contributed by atoms with Gasteiger partial charge in [-0.2, -0.15) is 5.10 Å². The fourth-order valence-corrected chi connectivity index (χ4v) is 2.14. The first-order valence-corrected chi connectivity index (χ1v) is 6.16. The Hall–Kier alpha value is -2.89. The minimum absolute atomic E-state index is 0.376. The predicted octanol–water partition coefficient (Wildman–Crippen LogP) is 2.45. The summed E-state index contributed by atoms with van der Waals surface area (Å²) in [5.41, 5.74) is 2.36. The van der Waals surface area contributed by atoms with Gasteiger partial charge in [-0.05, 0) is 24.3 Å². The molecule has 0 saturated heterocycles. The molecule has 0 unspecified atom stereocenters. The van der Waals surface area contributed by atoms with Crippen molar-refractivity contribution >= 4 is 16.6 Å². The highest BCUT2D eigenvalue weighted by Gasteiger charge is 2.08. The standard InChI is InChI=1S/C14H10N4O2/c1-3-10-7-17-20-14(10)12(5-1)19-8-11-4-2-6-13-15-9-16-18(11)13/h1-7,9H,8H2. The molecule has 0 saturated carbocycles. The van der Waals surface area contributed by atoms with Gasteiger partial charge in [0.25, 0.3) is 0 Å². The van der Waals surface area contributed by atoms with Gasteiger partial charge in [-0.1, -0.05) is 17.3 Å². The van der Waals surface area contributed by atoms with Gasteiger partial charge in [0.05, 0.1) is 11.9 Å². The number of hydrogen-bond donors (Lipinski definition) is 0. The van der Waals surface area contributed by atoms with Crippen molar-refractivity contribution in [2.75, 3.05) is 0 Å². The van der Waals surface area contributed by atoms with E-state index in [1.807, 2.05) is 36.4 Å². The van der Waals surface area contributed by atoms with E-state index in [0.717, 1.165) is 16.7 Å². The maximum Gasteiger partial charge on any atom is 0.208 e. The lowest BCUT2D eigenvalue weighted by molar-refractivity contribution is 0.294. The van der Waals surface area contributed by atoms with Gasteiger partial charge in [0.2, 0.25) is 5.58 Å². The molecule has 1 aromatic carbocycles. The lowest BCUT2D eigenvalue weighted by Gasteiger charge is -2.07. The maximum atomic E-state index is 5.82. The van der Waals surface area contributed by atoms with Gasteiger partial charge in [0.15, 0.2) is 11.4 Å². The summed E-state index contributed by atoms with van der Waals surface area (Å²) in [7, 11) is 0. The molecule has 6 heteroatoms. The molecule has 98 valence electrons. The van der Waals surface area contributed by atoms with Crippen molar-refractivity contribution in [3.8, 4) is 5.75 Å². The summed E-state index contributed by atoms with van der Waals surface area (Å²) in [6, 6.07) is 11.5. The van der Waals surface area contributed by atoms with Crippen LogP contribution in [0.1, 0.15) is 5.69 Å². The lowest BCUT2D eigenvalue weighted by atomic mass is 10.2. The fraction of sp³-hybridized carbons (Fsp3) is 0.0714. The molecular weight excluding hydrogens is 256 g/mol. The van der Waals surface area contributed by atoms with E-state index >= 15 is 0 Å². The molecule has 4 aromatic rings. The molecule has 0 atom stereocenters. The molecule has 0 N–H and O–H groups in total. The second-order valence-corrected chi connectivity index (χ2v) is 4.34. The number of hydrogen-bond acceptors (Lipinski definition) is 5. The zero-order chi connectivity index (χ0) is 13.4. The summed E-state index contributed by atoms with van der Waals surface area (Å²) >= 11 is 0. The second-order valence-electron chi connectivity index (χ2n) is 4.34. The Labute approximate surface area is 113 Å². The summed E-state index contributed by atoms with van der Waals surface area (Å²) < 4.78 is 12.8. The maximum absolute atomic E-state index is 5.82. The minimum atomic E-state index is 0.376. The molecule has 3 heterocycles. The third kappa shape index (κ3) is 1.70. The Balaban J connectivity index is 1.67. The van der Waals surface area contributed by atoms with Gasteiger partial charge in [-0.25, -0.2) is 9.50 Å². The van der Waals surface area contributed by atoms with Crippen LogP contribution in [0.5, 0.6) is 5.75 Å². The van der Waals surface area contributed by atoms with E-state index in [-0.39, 0.29) is 0 Å². The van der Waals surface area contributed by atoms with Crippen molar-refractivity contribution in [2.24, 2.45) is 0 Å². The van der Waals surface area contributed by atoms with E-state index in [2.05, 4.69) is 15.2 Å². The summed E-state index contributed by atoms with van der Waals surface area (Å²) in [6.45, 7) is 0.376. The zero-order valence-corrected chi connectivity index (χ0v) is 10.4. The molecule has 0 aliphatic heterocycles. The fourth-order valence-electron chi connectivity index (χ4n) is 2.14. The number of benzene rings is 1. The first kappa shape index (κ1) is 11.0. The third-order valence-electron chi connectivity index (χ3n) is 3.10. The van der Waals surface area contributed by atoms with E-state index in [1.54, 1.807) is 10.7 Å². The van der Waals surface area contributed by atoms with Gasteiger partial charge in [-0.3, -0.25) is 0 Å². The van der Waals surface area contributed by atoms with Crippen molar-refractivity contribution in [2.45, 2.75) is 6.61 Å². The van der Waals surface area contributed by atoms with Crippen LogP contribution in [0.4, 0.5) is 0 Å². The van der Waals surface area contributed by atoms with Gasteiger partial charge in [-0.15, -0.1) is 0 Å². The quantitative estimate of drug-likeness (QED) is 0.570. The SMILES string of the molecule is c1cc(OCc2cccc3ncnn23)c2oncc2c1. The van der Waals surface area contributed by atoms with Crippen LogP contribution in [0.25, 0.3) is 16.6 Å². The number of aromatic nitrogens is 4. The van der Waals surface area contributed by atoms with Crippen LogP contribution in [0, 0.1) is 0 Å². The average molecular weight is 266 g/mol. The highest BCUT2D eigenvalue weighted by Crippen LogP contribution is 2.25. The molecule has 0 spiro atoms. The molecule has 6 nitrogen and oxygen atoms in total. The van der Waals surface area contributed by atoms with Crippen molar-refractivity contribution in [3.05, 3.63) is 54.6 Å². The Morgan fingerprint density at radius 2 is 2.10 bits per heavy atom. The van der Waals surface area contributed by atoms with E-state index in [1.165, 1.54) is 6.33 Å². The van der Waals surface area contributed by atoms with Crippen molar-refractivity contribution in [1.82, 2.24) is 19.8 Å². The van der Waals surface area contributed by atoms with E-state index < -0.39 is 0 Å². The zero-order valence-electron chi connectivity index (χ0n) is 10.4. The van der Waals surface area contributed by atoms with Crippen LogP contribution in [0.15, 0.2) is 53.4 Å². The Morgan fingerprint density at radius 3 is 3.10 bits per heavy atom. The van der Waals surface area contributed by atoms with Crippen LogP contribution >= 0.6 is 0 Å². The van der Waals surface area contributed by atoms with Crippen molar-refractivity contribution < 1.29 is 9.26 Å². The number of pyridine rings is 1. The second kappa shape index (κ2) is 4.34. The van der Waals surface area contributed by atoms with Crippen LogP contribution in [-0.2, 0) is 6.61 Å². The van der Waals surface area contributed by atoms with Gasteiger partial charge >= 0.3 is 0 Å². The highest BCUT2D eigenvalue weighted by atomic mass is 16.5. The van der Waals surface area contributed by atoms with Crippen molar-refractivity contribution in [3.63, 3.8) is 0 Å². The van der Waals surface area contributed by atoms with E-state index in [9.17, 15) is 0 Å². The average Bonchev–Trinajstić information content (AvgIpc) is 3.13. The lowest BCUT2D eigenvalue weighted by Crippen LogP contribution is -2.03. The highest BCUT2D eigenvalue weighted by molar-refractivity contribution is 5.81. The summed E-state index contributed by atoms with van der Waals surface area (Å²) in [4.78, 5) is 4.14. The Morgan fingerprint density at radius 1 is 1.15 bits per heavy atom. The number of fused-ring (bicyclic) bond motifs is 2. The molecular formula is C14H10N4O2. The smallest absolute Gasteiger partial charge is 0.208 e. The van der Waals surface area contributed by atoms with Gasteiger partial charge in [0.1, 0.15) is 12.9 Å². The van der Waals surface area contributed by atoms with Crippen molar-refractivity contribution in [1.29, 1.82) is 0 Å². The first-order valence-electron chi connectivity index (χ1n) is 6.16. The summed E-state index contributed by atoms with van der Waals surface area (Å²) in [5, 5.41) is 8.87. The molecule has 0 aliphatic carbocycles. The molecule has 0 bridgehead atoms. The largest absolute Gasteiger partial charge is 0.483 e. The molecule has 3 aromatic heterocycles. The topological polar surface area (TPSA) is 65.5 Å². The van der Waals surface area contributed by atoms with E-state index in [4.69, 9.17) is 9.26 Å². The summed E-state index contributed by atoms with van der Waals surface area (Å²) in [5.74, 6) is 0.664. The molecule has 20 heavy (non-hydrogen) atoms. The Bertz CT molecular complexity index is 807. The molecule has 0 amide bonds. The van der Waals surface area contributed by atoms with Crippen LogP contribution in [-0.4, -0.2) is 19.8 Å². The number of ether oxygens (including phenoxy) is 1. The van der Waals surface area contributed by atoms with Crippen LogP contribution < -0.4 is 4.74 Å². The summed E-state index contributed by atoms with van der Waals surface area (Å²) in [6.07, 6.45) is 3.19. The number of rotatable bonds is 3. The predicted molar refractivity (Wildman–Crippen MR) is 71.3 cm³/mol. The number of nitrogens with zero attached hydrogens (tertiary/aromatic N) is 4. The van der Waals surface area contributed by atoms with Crippen LogP contribution in [0.3, 0.4) is 0 Å². The van der Waals surface area contributed by atoms with Gasteiger partial charge < -0.3 is 9.26 Å². The normalized spacial score (nSPS) is 11.2. The number of para-hydroxylation sites is 1. The van der Waals surface area contributed by atoms with E-state index in [0.29, 0.717) is 17.9 Å².